The zero-order chi connectivity index (χ0) is 15.3. The van der Waals surface area contributed by atoms with Gasteiger partial charge < -0.3 is 9.30 Å². The van der Waals surface area contributed by atoms with Crippen LogP contribution in [0.25, 0.3) is 0 Å². The third-order valence-electron chi connectivity index (χ3n) is 3.50. The number of aromatic nitrogens is 1. The number of ether oxygens (including phenoxy) is 1. The maximum absolute atomic E-state index is 12.0. The van der Waals surface area contributed by atoms with E-state index in [1.165, 1.54) is 0 Å². The summed E-state index contributed by atoms with van der Waals surface area (Å²) < 4.78 is 7.77. The minimum atomic E-state index is -0.480. The van der Waals surface area contributed by atoms with Crippen LogP contribution in [-0.2, 0) is 11.3 Å². The summed E-state index contributed by atoms with van der Waals surface area (Å²) >= 11 is 5.89. The van der Waals surface area contributed by atoms with E-state index < -0.39 is 5.38 Å². The van der Waals surface area contributed by atoms with Gasteiger partial charge in [0.15, 0.2) is 5.78 Å². The largest absolute Gasteiger partial charge is 0.380 e. The molecule has 1 aromatic heterocycles. The lowest BCUT2D eigenvalue weighted by molar-refractivity contribution is 0.0990. The summed E-state index contributed by atoms with van der Waals surface area (Å²) in [4.78, 5) is 12.0. The molecule has 0 bridgehead atoms. The average molecular weight is 300 g/mol. The van der Waals surface area contributed by atoms with Gasteiger partial charge in [-0.25, -0.2) is 0 Å². The van der Waals surface area contributed by atoms with Crippen LogP contribution in [0.1, 0.15) is 48.9 Å². The van der Waals surface area contributed by atoms with Crippen molar-refractivity contribution in [1.82, 2.24) is 4.57 Å². The van der Waals surface area contributed by atoms with Crippen LogP contribution in [0.2, 0.25) is 0 Å². The predicted octanol–water partition coefficient (Wildman–Crippen LogP) is 3.98. The van der Waals surface area contributed by atoms with Gasteiger partial charge in [-0.3, -0.25) is 4.79 Å². The fourth-order valence-corrected chi connectivity index (χ4v) is 2.30. The van der Waals surface area contributed by atoms with Crippen molar-refractivity contribution in [1.29, 1.82) is 0 Å². The van der Waals surface area contributed by atoms with Crippen LogP contribution < -0.4 is 0 Å². The number of ketones is 1. The van der Waals surface area contributed by atoms with Crippen molar-refractivity contribution in [3.8, 4) is 0 Å². The number of rotatable bonds is 8. The van der Waals surface area contributed by atoms with Crippen LogP contribution in [-0.4, -0.2) is 28.9 Å². The summed E-state index contributed by atoms with van der Waals surface area (Å²) in [5.74, 6) is 0.659. The Morgan fingerprint density at radius 1 is 1.30 bits per heavy atom. The first-order valence-corrected chi connectivity index (χ1v) is 7.71. The van der Waals surface area contributed by atoms with Gasteiger partial charge in [0.1, 0.15) is 0 Å². The smallest absolute Gasteiger partial charge is 0.182 e. The van der Waals surface area contributed by atoms with Gasteiger partial charge in [-0.2, -0.15) is 0 Å². The van der Waals surface area contributed by atoms with Crippen LogP contribution in [0.3, 0.4) is 0 Å². The number of hydrogen-bond donors (Lipinski definition) is 0. The van der Waals surface area contributed by atoms with E-state index in [1.807, 2.05) is 19.9 Å². The quantitative estimate of drug-likeness (QED) is 0.413. The van der Waals surface area contributed by atoms with Crippen molar-refractivity contribution in [3.05, 3.63) is 23.0 Å². The Labute approximate surface area is 127 Å². The Kier molecular flexibility index (Phi) is 6.77. The van der Waals surface area contributed by atoms with Crippen molar-refractivity contribution < 1.29 is 9.53 Å². The maximum Gasteiger partial charge on any atom is 0.182 e. The number of Topliss-reactive ketones (excluding diaryl/α,β-unsaturated/α-hetero) is 1. The Morgan fingerprint density at radius 3 is 2.50 bits per heavy atom. The molecule has 0 aliphatic heterocycles. The van der Waals surface area contributed by atoms with Gasteiger partial charge in [0, 0.05) is 30.1 Å². The molecule has 0 amide bonds. The van der Waals surface area contributed by atoms with E-state index in [0.717, 1.165) is 36.5 Å². The molecular weight excluding hydrogens is 274 g/mol. The lowest BCUT2D eigenvalue weighted by Gasteiger charge is -2.11. The number of carbonyl (C=O) groups excluding carboxylic acids is 1. The second-order valence-electron chi connectivity index (χ2n) is 5.71. The number of alkyl halides is 1. The van der Waals surface area contributed by atoms with Gasteiger partial charge in [0.05, 0.1) is 12.0 Å². The highest BCUT2D eigenvalue weighted by Crippen LogP contribution is 2.18. The molecule has 0 aromatic carbocycles. The topological polar surface area (TPSA) is 31.2 Å². The summed E-state index contributed by atoms with van der Waals surface area (Å²) in [6.07, 6.45) is 1.08. The zero-order valence-corrected chi connectivity index (χ0v) is 14.0. The fraction of sp³-hybridized carbons (Fsp3) is 0.688. The highest BCUT2D eigenvalue weighted by molar-refractivity contribution is 6.33. The molecule has 0 radical (unpaired) electrons. The lowest BCUT2D eigenvalue weighted by atomic mass is 10.1. The molecule has 0 N–H and O–H groups in total. The normalized spacial score (nSPS) is 12.9. The minimum absolute atomic E-state index is 0.00765. The lowest BCUT2D eigenvalue weighted by Crippen LogP contribution is -2.13. The Hall–Kier alpha value is -0.800. The molecule has 1 unspecified atom stereocenters. The monoisotopic (exact) mass is 299 g/mol. The first-order chi connectivity index (χ1) is 9.34. The molecule has 0 saturated heterocycles. The molecule has 0 saturated carbocycles. The van der Waals surface area contributed by atoms with Crippen molar-refractivity contribution in [2.75, 3.05) is 13.2 Å². The Balaban J connectivity index is 2.61. The van der Waals surface area contributed by atoms with E-state index in [0.29, 0.717) is 12.5 Å². The van der Waals surface area contributed by atoms with E-state index in [1.54, 1.807) is 6.92 Å². The van der Waals surface area contributed by atoms with Crippen molar-refractivity contribution in [2.24, 2.45) is 5.92 Å². The molecule has 1 atom stereocenters. The molecule has 1 heterocycles. The van der Waals surface area contributed by atoms with Crippen LogP contribution in [0.15, 0.2) is 6.07 Å². The zero-order valence-electron chi connectivity index (χ0n) is 13.2. The second-order valence-corrected chi connectivity index (χ2v) is 6.37. The van der Waals surface area contributed by atoms with E-state index in [-0.39, 0.29) is 5.78 Å². The van der Waals surface area contributed by atoms with Gasteiger partial charge >= 0.3 is 0 Å². The fourth-order valence-electron chi connectivity index (χ4n) is 2.19. The molecule has 0 aliphatic carbocycles. The predicted molar refractivity (Wildman–Crippen MR) is 83.8 cm³/mol. The third-order valence-corrected chi connectivity index (χ3v) is 3.70. The molecule has 20 heavy (non-hydrogen) atoms. The van der Waals surface area contributed by atoms with Crippen molar-refractivity contribution >= 4 is 17.4 Å². The Bertz CT molecular complexity index is 450. The van der Waals surface area contributed by atoms with Crippen molar-refractivity contribution in [2.45, 2.75) is 53.0 Å². The molecule has 0 aliphatic rings. The highest BCUT2D eigenvalue weighted by atomic mass is 35.5. The molecule has 0 spiro atoms. The summed E-state index contributed by atoms with van der Waals surface area (Å²) in [7, 11) is 0. The molecule has 4 heteroatoms. The molecule has 0 fully saturated rings. The average Bonchev–Trinajstić information content (AvgIpc) is 2.64. The van der Waals surface area contributed by atoms with E-state index in [9.17, 15) is 4.79 Å². The molecule has 1 aromatic rings. The summed E-state index contributed by atoms with van der Waals surface area (Å²) in [5, 5.41) is -0.480. The van der Waals surface area contributed by atoms with Crippen LogP contribution in [0.5, 0.6) is 0 Å². The summed E-state index contributed by atoms with van der Waals surface area (Å²) in [6, 6.07) is 1.92. The molecule has 1 rings (SSSR count). The van der Waals surface area contributed by atoms with Crippen LogP contribution >= 0.6 is 11.6 Å². The van der Waals surface area contributed by atoms with Gasteiger partial charge in [0.25, 0.3) is 0 Å². The van der Waals surface area contributed by atoms with Crippen molar-refractivity contribution in [3.63, 3.8) is 0 Å². The van der Waals surface area contributed by atoms with Gasteiger partial charge in [0.2, 0.25) is 0 Å². The summed E-state index contributed by atoms with van der Waals surface area (Å²) in [5.41, 5.74) is 2.79. The van der Waals surface area contributed by atoms with Gasteiger partial charge in [-0.15, -0.1) is 11.6 Å². The van der Waals surface area contributed by atoms with Crippen LogP contribution in [0.4, 0.5) is 0 Å². The maximum atomic E-state index is 12.0. The number of hydrogen-bond acceptors (Lipinski definition) is 2. The molecule has 114 valence electrons. The number of aryl methyl sites for hydroxylation is 1. The summed E-state index contributed by atoms with van der Waals surface area (Å²) in [6.45, 7) is 12.3. The third kappa shape index (κ3) is 4.64. The molecule has 3 nitrogen and oxygen atoms in total. The van der Waals surface area contributed by atoms with Gasteiger partial charge in [-0.1, -0.05) is 13.8 Å². The highest BCUT2D eigenvalue weighted by Gasteiger charge is 2.19. The number of carbonyl (C=O) groups is 1. The van der Waals surface area contributed by atoms with Gasteiger partial charge in [-0.05, 0) is 39.2 Å². The van der Waals surface area contributed by atoms with E-state index >= 15 is 0 Å². The van der Waals surface area contributed by atoms with E-state index in [2.05, 4.69) is 18.4 Å². The second kappa shape index (κ2) is 7.84. The van der Waals surface area contributed by atoms with E-state index in [4.69, 9.17) is 16.3 Å². The standard InChI is InChI=1S/C16H26ClNO2/c1-11(2)6-8-20-9-7-18-12(3)10-15(14(18)5)16(19)13(4)17/h10-11,13H,6-9H2,1-5H3. The first kappa shape index (κ1) is 17.3. The van der Waals surface area contributed by atoms with Crippen LogP contribution in [0, 0.1) is 19.8 Å². The first-order valence-electron chi connectivity index (χ1n) is 7.27. The Morgan fingerprint density at radius 2 is 1.95 bits per heavy atom. The minimum Gasteiger partial charge on any atom is -0.380 e. The number of nitrogens with zero attached hydrogens (tertiary/aromatic N) is 1. The SMILES string of the molecule is Cc1cc(C(=O)C(C)Cl)c(C)n1CCOCCC(C)C. The molecular formula is C16H26ClNO2. The number of halogens is 1.